The van der Waals surface area contributed by atoms with Crippen molar-refractivity contribution in [3.63, 3.8) is 0 Å². The first kappa shape index (κ1) is 8.99. The molecule has 0 unspecified atom stereocenters. The Bertz CT molecular complexity index is 371. The molecule has 0 saturated heterocycles. The van der Waals surface area contributed by atoms with Gasteiger partial charge in [-0.25, -0.2) is 0 Å². The Balaban J connectivity index is 2.11. The van der Waals surface area contributed by atoms with Gasteiger partial charge in [-0.2, -0.15) is 5.10 Å². The summed E-state index contributed by atoms with van der Waals surface area (Å²) in [7, 11) is 0. The highest BCUT2D eigenvalue weighted by Crippen LogP contribution is 2.18. The van der Waals surface area contributed by atoms with Gasteiger partial charge in [0.1, 0.15) is 0 Å². The third-order valence-corrected chi connectivity index (χ3v) is 2.30. The Morgan fingerprint density at radius 3 is 3.14 bits per heavy atom. The second kappa shape index (κ2) is 3.29. The van der Waals surface area contributed by atoms with E-state index in [1.165, 1.54) is 5.69 Å². The zero-order valence-corrected chi connectivity index (χ0v) is 8.21. The Morgan fingerprint density at radius 1 is 1.71 bits per heavy atom. The molecule has 0 spiro atoms. The topological polar surface area (TPSA) is 46.9 Å². The number of hydrogen-bond acceptors (Lipinski definition) is 2. The minimum absolute atomic E-state index is 0.165. The number of hydrogen-bond donors (Lipinski definition) is 1. The molecule has 1 N–H and O–H groups in total. The summed E-state index contributed by atoms with van der Waals surface area (Å²) in [6.45, 7) is 6.20. The van der Waals surface area contributed by atoms with Crippen LogP contribution < -0.4 is 5.32 Å². The van der Waals surface area contributed by atoms with Crippen molar-refractivity contribution in [2.24, 2.45) is 0 Å². The highest BCUT2D eigenvalue weighted by Gasteiger charge is 2.14. The highest BCUT2D eigenvalue weighted by molar-refractivity contribution is 6.02. The van der Waals surface area contributed by atoms with Gasteiger partial charge < -0.3 is 5.32 Å². The molecule has 0 radical (unpaired) electrons. The smallest absolute Gasteiger partial charge is 0.251 e. The van der Waals surface area contributed by atoms with Gasteiger partial charge in [0.2, 0.25) is 0 Å². The maximum absolute atomic E-state index is 11.3. The van der Waals surface area contributed by atoms with Gasteiger partial charge in [-0.05, 0) is 19.8 Å². The van der Waals surface area contributed by atoms with Crippen molar-refractivity contribution in [3.8, 4) is 0 Å². The lowest BCUT2D eigenvalue weighted by molar-refractivity contribution is -0.112. The fraction of sp³-hybridized carbons (Fsp3) is 0.400. The predicted molar refractivity (Wildman–Crippen MR) is 54.0 cm³/mol. The number of carbonyl (C=O) groups is 1. The average molecular weight is 191 g/mol. The average Bonchev–Trinajstić information content (AvgIpc) is 2.63. The fourth-order valence-electron chi connectivity index (χ4n) is 1.54. The SMILES string of the molecule is C=C(C)C(=O)Nc1cc2n(n1)CCC2. The van der Waals surface area contributed by atoms with Gasteiger partial charge in [0.05, 0.1) is 0 Å². The van der Waals surface area contributed by atoms with Crippen LogP contribution in [0.15, 0.2) is 18.2 Å². The molecule has 1 amide bonds. The van der Waals surface area contributed by atoms with Gasteiger partial charge in [-0.15, -0.1) is 0 Å². The molecule has 4 heteroatoms. The summed E-state index contributed by atoms with van der Waals surface area (Å²) in [6, 6.07) is 1.92. The molecule has 74 valence electrons. The molecule has 0 bridgehead atoms. The number of aryl methyl sites for hydroxylation is 2. The summed E-state index contributed by atoms with van der Waals surface area (Å²) in [6.07, 6.45) is 2.20. The van der Waals surface area contributed by atoms with Crippen LogP contribution in [0.4, 0.5) is 5.82 Å². The summed E-state index contributed by atoms with van der Waals surface area (Å²) < 4.78 is 1.94. The minimum atomic E-state index is -0.165. The van der Waals surface area contributed by atoms with Crippen LogP contribution in [-0.2, 0) is 17.8 Å². The minimum Gasteiger partial charge on any atom is -0.305 e. The maximum atomic E-state index is 11.3. The second-order valence-electron chi connectivity index (χ2n) is 3.58. The van der Waals surface area contributed by atoms with Crippen LogP contribution >= 0.6 is 0 Å². The number of anilines is 1. The van der Waals surface area contributed by atoms with Gasteiger partial charge in [-0.3, -0.25) is 9.48 Å². The zero-order chi connectivity index (χ0) is 10.1. The van der Waals surface area contributed by atoms with Gasteiger partial charge in [-0.1, -0.05) is 6.58 Å². The predicted octanol–water partition coefficient (Wildman–Crippen LogP) is 1.34. The van der Waals surface area contributed by atoms with E-state index in [-0.39, 0.29) is 5.91 Å². The number of nitrogens with zero attached hydrogens (tertiary/aromatic N) is 2. The molecule has 14 heavy (non-hydrogen) atoms. The third kappa shape index (κ3) is 1.55. The molecule has 2 heterocycles. The summed E-state index contributed by atoms with van der Waals surface area (Å²) >= 11 is 0. The lowest BCUT2D eigenvalue weighted by Gasteiger charge is -1.99. The maximum Gasteiger partial charge on any atom is 0.251 e. The number of rotatable bonds is 2. The number of aromatic nitrogens is 2. The monoisotopic (exact) mass is 191 g/mol. The largest absolute Gasteiger partial charge is 0.305 e. The Morgan fingerprint density at radius 2 is 2.50 bits per heavy atom. The molecule has 0 aliphatic carbocycles. The Hall–Kier alpha value is -1.58. The van der Waals surface area contributed by atoms with Gasteiger partial charge in [0.15, 0.2) is 5.82 Å². The molecule has 0 aromatic carbocycles. The molecular formula is C10H13N3O. The molecule has 4 nitrogen and oxygen atoms in total. The van der Waals surface area contributed by atoms with Crippen LogP contribution in [0.3, 0.4) is 0 Å². The highest BCUT2D eigenvalue weighted by atomic mass is 16.1. The van der Waals surface area contributed by atoms with Crippen molar-refractivity contribution < 1.29 is 4.79 Å². The van der Waals surface area contributed by atoms with E-state index in [2.05, 4.69) is 17.0 Å². The van der Waals surface area contributed by atoms with Gasteiger partial charge in [0.25, 0.3) is 5.91 Å². The summed E-state index contributed by atoms with van der Waals surface area (Å²) in [4.78, 5) is 11.3. The number of carbonyl (C=O) groups excluding carboxylic acids is 1. The Kier molecular flexibility index (Phi) is 2.11. The second-order valence-corrected chi connectivity index (χ2v) is 3.58. The Labute approximate surface area is 82.6 Å². The molecule has 0 saturated carbocycles. The van der Waals surface area contributed by atoms with E-state index in [0.29, 0.717) is 11.4 Å². The molecular weight excluding hydrogens is 178 g/mol. The molecule has 1 aromatic rings. The van der Waals surface area contributed by atoms with Crippen molar-refractivity contribution >= 4 is 11.7 Å². The van der Waals surface area contributed by atoms with E-state index in [4.69, 9.17) is 0 Å². The van der Waals surface area contributed by atoms with E-state index in [0.717, 1.165) is 19.4 Å². The van der Waals surface area contributed by atoms with Crippen molar-refractivity contribution in [2.45, 2.75) is 26.3 Å². The van der Waals surface area contributed by atoms with Gasteiger partial charge in [0, 0.05) is 23.9 Å². The molecule has 1 aliphatic rings. The van der Waals surface area contributed by atoms with E-state index in [1.807, 2.05) is 10.7 Å². The van der Waals surface area contributed by atoms with E-state index in [9.17, 15) is 4.79 Å². The summed E-state index contributed by atoms with van der Waals surface area (Å²) in [5.74, 6) is 0.467. The molecule has 0 atom stereocenters. The summed E-state index contributed by atoms with van der Waals surface area (Å²) in [5.41, 5.74) is 1.69. The first-order valence-corrected chi connectivity index (χ1v) is 4.70. The summed E-state index contributed by atoms with van der Waals surface area (Å²) in [5, 5.41) is 6.96. The number of nitrogens with one attached hydrogen (secondary N) is 1. The van der Waals surface area contributed by atoms with Crippen LogP contribution in [-0.4, -0.2) is 15.7 Å². The normalized spacial score (nSPS) is 13.8. The van der Waals surface area contributed by atoms with Crippen LogP contribution in [0, 0.1) is 0 Å². The van der Waals surface area contributed by atoms with Crippen molar-refractivity contribution in [3.05, 3.63) is 23.9 Å². The molecule has 1 aliphatic heterocycles. The van der Waals surface area contributed by atoms with Crippen molar-refractivity contribution in [2.75, 3.05) is 5.32 Å². The van der Waals surface area contributed by atoms with E-state index >= 15 is 0 Å². The fourth-order valence-corrected chi connectivity index (χ4v) is 1.54. The number of amides is 1. The van der Waals surface area contributed by atoms with Crippen molar-refractivity contribution in [1.82, 2.24) is 9.78 Å². The first-order valence-electron chi connectivity index (χ1n) is 4.70. The van der Waals surface area contributed by atoms with Crippen LogP contribution in [0.1, 0.15) is 19.0 Å². The van der Waals surface area contributed by atoms with E-state index < -0.39 is 0 Å². The third-order valence-electron chi connectivity index (χ3n) is 2.30. The molecule has 2 rings (SSSR count). The first-order chi connectivity index (χ1) is 6.66. The van der Waals surface area contributed by atoms with Gasteiger partial charge >= 0.3 is 0 Å². The standard InChI is InChI=1S/C10H13N3O/c1-7(2)10(14)11-9-6-8-4-3-5-13(8)12-9/h6H,1,3-5H2,2H3,(H,11,12,14). The number of fused-ring (bicyclic) bond motifs is 1. The van der Waals surface area contributed by atoms with Crippen LogP contribution in [0.2, 0.25) is 0 Å². The van der Waals surface area contributed by atoms with E-state index in [1.54, 1.807) is 6.92 Å². The zero-order valence-electron chi connectivity index (χ0n) is 8.21. The lowest BCUT2D eigenvalue weighted by atomic mass is 10.3. The quantitative estimate of drug-likeness (QED) is 0.717. The lowest BCUT2D eigenvalue weighted by Crippen LogP contribution is -2.12. The molecule has 0 fully saturated rings. The van der Waals surface area contributed by atoms with Crippen molar-refractivity contribution in [1.29, 1.82) is 0 Å². The van der Waals surface area contributed by atoms with Crippen LogP contribution in [0.25, 0.3) is 0 Å². The van der Waals surface area contributed by atoms with Crippen LogP contribution in [0.5, 0.6) is 0 Å². The molecule has 1 aromatic heterocycles.